The van der Waals surface area contributed by atoms with Crippen molar-refractivity contribution in [2.45, 2.75) is 43.4 Å². The van der Waals surface area contributed by atoms with Crippen LogP contribution in [-0.2, 0) is 9.47 Å². The number of halogens is 9. The molecule has 0 saturated carbocycles. The maximum absolute atomic E-state index is 13.8. The first-order valence-corrected chi connectivity index (χ1v) is 7.62. The minimum Gasteiger partial charge on any atom is -0.462 e. The number of hydrogen-bond donors (Lipinski definition) is 0. The van der Waals surface area contributed by atoms with Crippen LogP contribution in [-0.4, -0.2) is 43.6 Å². The van der Waals surface area contributed by atoms with E-state index >= 15 is 0 Å². The maximum Gasteiger partial charge on any atom is 0.460 e. The van der Waals surface area contributed by atoms with E-state index in [1.54, 1.807) is 0 Å². The van der Waals surface area contributed by atoms with Crippen LogP contribution in [0, 0.1) is 0 Å². The Morgan fingerprint density at radius 1 is 1.00 bits per heavy atom. The summed E-state index contributed by atoms with van der Waals surface area (Å²) in [4.78, 5) is 11.6. The van der Waals surface area contributed by atoms with Crippen LogP contribution in [0.1, 0.15) is 35.4 Å². The summed E-state index contributed by atoms with van der Waals surface area (Å²) in [5, 5.41) is 0. The van der Waals surface area contributed by atoms with E-state index in [2.05, 4.69) is 9.47 Å². The molecular weight excluding hydrogens is 411 g/mol. The quantitative estimate of drug-likeness (QED) is 0.412. The first-order valence-electron chi connectivity index (χ1n) is 7.62. The highest BCUT2D eigenvalue weighted by molar-refractivity contribution is 5.89. The second-order valence-corrected chi connectivity index (χ2v) is 5.63. The molecule has 160 valence electrons. The molecular formula is C16H15F9O3. The van der Waals surface area contributed by atoms with Gasteiger partial charge in [0, 0.05) is 13.5 Å². The summed E-state index contributed by atoms with van der Waals surface area (Å²) in [7, 11) is 0.762. The fourth-order valence-electron chi connectivity index (χ4n) is 2.19. The first kappa shape index (κ1) is 24.1. The molecule has 1 atom stereocenters. The van der Waals surface area contributed by atoms with Crippen LogP contribution in [0.25, 0.3) is 0 Å². The van der Waals surface area contributed by atoms with Crippen molar-refractivity contribution in [2.24, 2.45) is 0 Å². The van der Waals surface area contributed by atoms with E-state index in [0.717, 1.165) is 25.3 Å². The van der Waals surface area contributed by atoms with Gasteiger partial charge in [0.2, 0.25) is 0 Å². The maximum atomic E-state index is 13.8. The molecule has 0 fully saturated rings. The molecule has 1 rings (SSSR count). The summed E-state index contributed by atoms with van der Waals surface area (Å²) in [6.45, 7) is 1.44. The third-order valence-electron chi connectivity index (χ3n) is 3.71. The normalized spacial score (nSPS) is 14.7. The Hall–Kier alpha value is -1.98. The summed E-state index contributed by atoms with van der Waals surface area (Å²) < 4.78 is 126. The van der Waals surface area contributed by atoms with Crippen LogP contribution in [0.5, 0.6) is 0 Å². The van der Waals surface area contributed by atoms with E-state index in [-0.39, 0.29) is 17.7 Å². The molecule has 0 heterocycles. The summed E-state index contributed by atoms with van der Waals surface area (Å²) in [6, 6.07) is 4.31. The largest absolute Gasteiger partial charge is 0.462 e. The van der Waals surface area contributed by atoms with Gasteiger partial charge in [-0.15, -0.1) is 0 Å². The van der Waals surface area contributed by atoms with Gasteiger partial charge in [-0.2, -0.15) is 39.5 Å². The molecule has 3 nitrogen and oxygen atoms in total. The van der Waals surface area contributed by atoms with Gasteiger partial charge >= 0.3 is 29.9 Å². The van der Waals surface area contributed by atoms with Gasteiger partial charge in [0.05, 0.1) is 18.3 Å². The fraction of sp³-hybridized carbons (Fsp3) is 0.562. The molecule has 1 unspecified atom stereocenters. The zero-order valence-corrected chi connectivity index (χ0v) is 14.4. The molecule has 0 bridgehead atoms. The highest BCUT2D eigenvalue weighted by Crippen LogP contribution is 2.55. The molecule has 0 aliphatic rings. The van der Waals surface area contributed by atoms with Crippen LogP contribution >= 0.6 is 0 Å². The Balaban J connectivity index is 3.22. The van der Waals surface area contributed by atoms with Crippen molar-refractivity contribution in [3.63, 3.8) is 0 Å². The standard InChI is InChI=1S/C16H15F9O3/c1-3-28-12(26)10-6-4-5-9(7-10)11(27-2)8-13(17,18)14(19,20)15(21,22)16(23,24)25/h4-7,11H,3,8H2,1-2H3. The van der Waals surface area contributed by atoms with Gasteiger partial charge in [0.15, 0.2) is 0 Å². The lowest BCUT2D eigenvalue weighted by atomic mass is 9.94. The van der Waals surface area contributed by atoms with E-state index in [9.17, 15) is 44.3 Å². The minimum absolute atomic E-state index is 0.0341. The number of alkyl halides is 9. The second kappa shape index (κ2) is 8.18. The van der Waals surface area contributed by atoms with Crippen molar-refractivity contribution < 1.29 is 53.8 Å². The fourth-order valence-corrected chi connectivity index (χ4v) is 2.19. The number of benzene rings is 1. The van der Waals surface area contributed by atoms with Gasteiger partial charge in [-0.1, -0.05) is 12.1 Å². The monoisotopic (exact) mass is 426 g/mol. The number of methoxy groups -OCH3 is 1. The van der Waals surface area contributed by atoms with E-state index in [1.165, 1.54) is 13.0 Å². The molecule has 0 amide bonds. The number of ether oxygens (including phenoxy) is 2. The molecule has 0 N–H and O–H groups in total. The number of hydrogen-bond acceptors (Lipinski definition) is 3. The van der Waals surface area contributed by atoms with E-state index in [1.807, 2.05) is 0 Å². The Morgan fingerprint density at radius 3 is 2.04 bits per heavy atom. The number of rotatable bonds is 8. The van der Waals surface area contributed by atoms with Crippen molar-refractivity contribution in [1.82, 2.24) is 0 Å². The molecule has 28 heavy (non-hydrogen) atoms. The van der Waals surface area contributed by atoms with Crippen LogP contribution in [0.15, 0.2) is 24.3 Å². The second-order valence-electron chi connectivity index (χ2n) is 5.63. The lowest BCUT2D eigenvalue weighted by molar-refractivity contribution is -0.398. The third kappa shape index (κ3) is 4.53. The van der Waals surface area contributed by atoms with Crippen molar-refractivity contribution in [2.75, 3.05) is 13.7 Å². The average molecular weight is 426 g/mol. The Bertz CT molecular complexity index is 686. The molecule has 0 radical (unpaired) electrons. The molecule has 0 aliphatic carbocycles. The average Bonchev–Trinajstić information content (AvgIpc) is 2.58. The highest BCUT2D eigenvalue weighted by Gasteiger charge is 2.81. The predicted molar refractivity (Wildman–Crippen MR) is 77.7 cm³/mol. The van der Waals surface area contributed by atoms with Gasteiger partial charge in [-0.05, 0) is 24.6 Å². The number of esters is 1. The van der Waals surface area contributed by atoms with E-state index in [0.29, 0.717) is 0 Å². The lowest BCUT2D eigenvalue weighted by Crippen LogP contribution is -2.61. The van der Waals surface area contributed by atoms with Crippen molar-refractivity contribution in [3.05, 3.63) is 35.4 Å². The Kier molecular flexibility index (Phi) is 7.02. The highest BCUT2D eigenvalue weighted by atomic mass is 19.4. The molecule has 0 aliphatic heterocycles. The summed E-state index contributed by atoms with van der Waals surface area (Å²) in [6.07, 6.45) is -11.1. The smallest absolute Gasteiger partial charge is 0.460 e. The van der Waals surface area contributed by atoms with E-state index < -0.39 is 42.4 Å². The van der Waals surface area contributed by atoms with Crippen molar-refractivity contribution in [1.29, 1.82) is 0 Å². The van der Waals surface area contributed by atoms with Gasteiger partial charge in [0.1, 0.15) is 0 Å². The van der Waals surface area contributed by atoms with Crippen LogP contribution in [0.2, 0.25) is 0 Å². The van der Waals surface area contributed by atoms with E-state index in [4.69, 9.17) is 0 Å². The van der Waals surface area contributed by atoms with Crippen LogP contribution in [0.3, 0.4) is 0 Å². The summed E-state index contributed by atoms with van der Waals surface area (Å²) >= 11 is 0. The number of carbonyl (C=O) groups is 1. The minimum atomic E-state index is -6.98. The molecule has 1 aromatic rings. The Morgan fingerprint density at radius 2 is 1.57 bits per heavy atom. The molecule has 0 aromatic heterocycles. The molecule has 0 saturated heterocycles. The van der Waals surface area contributed by atoms with Gasteiger partial charge in [-0.25, -0.2) is 4.79 Å². The lowest BCUT2D eigenvalue weighted by Gasteiger charge is -2.35. The topological polar surface area (TPSA) is 35.5 Å². The van der Waals surface area contributed by atoms with Gasteiger partial charge in [-0.3, -0.25) is 0 Å². The SMILES string of the molecule is CCOC(=O)c1cccc(C(CC(F)(F)C(F)(F)C(F)(F)C(F)(F)F)OC)c1. The van der Waals surface area contributed by atoms with Gasteiger partial charge in [0.25, 0.3) is 0 Å². The molecule has 1 aromatic carbocycles. The third-order valence-corrected chi connectivity index (χ3v) is 3.71. The number of carbonyl (C=O) groups excluding carboxylic acids is 1. The first-order chi connectivity index (χ1) is 12.6. The van der Waals surface area contributed by atoms with Crippen LogP contribution < -0.4 is 0 Å². The van der Waals surface area contributed by atoms with Crippen molar-refractivity contribution >= 4 is 5.97 Å². The molecule has 12 heteroatoms. The summed E-state index contributed by atoms with van der Waals surface area (Å²) in [5.41, 5.74) is -0.504. The molecule has 0 spiro atoms. The van der Waals surface area contributed by atoms with Gasteiger partial charge < -0.3 is 9.47 Å². The van der Waals surface area contributed by atoms with Crippen LogP contribution in [0.4, 0.5) is 39.5 Å². The zero-order chi connectivity index (χ0) is 22.0. The summed E-state index contributed by atoms with van der Waals surface area (Å²) in [5.74, 6) is -20.4. The Labute approximate surface area is 153 Å². The zero-order valence-electron chi connectivity index (χ0n) is 14.4. The predicted octanol–water partition coefficient (Wildman–Crippen LogP) is 5.41. The van der Waals surface area contributed by atoms with Crippen molar-refractivity contribution in [3.8, 4) is 0 Å².